The molecular weight excluding hydrogens is 432 g/mol. The van der Waals surface area contributed by atoms with Gasteiger partial charge in [-0.25, -0.2) is 8.42 Å². The number of sulfonamides is 1. The number of guanidine groups is 1. The molecule has 1 atom stereocenters. The number of amides is 1. The summed E-state index contributed by atoms with van der Waals surface area (Å²) in [5.41, 5.74) is 11.6. The van der Waals surface area contributed by atoms with Gasteiger partial charge in [-0.3, -0.25) is 9.79 Å². The minimum atomic E-state index is -4.00. The molecule has 0 aliphatic carbocycles. The zero-order chi connectivity index (χ0) is 23.7. The van der Waals surface area contributed by atoms with Crippen LogP contribution in [0.25, 0.3) is 10.8 Å². The molecule has 2 rings (SSSR count). The van der Waals surface area contributed by atoms with Crippen molar-refractivity contribution in [2.75, 3.05) is 45.8 Å². The van der Waals surface area contributed by atoms with Gasteiger partial charge >= 0.3 is 0 Å². The Morgan fingerprint density at radius 2 is 1.84 bits per heavy atom. The molecule has 1 unspecified atom stereocenters. The van der Waals surface area contributed by atoms with Crippen LogP contribution in [0, 0.1) is 0 Å². The molecule has 0 aliphatic rings. The summed E-state index contributed by atoms with van der Waals surface area (Å²) in [4.78, 5) is 18.6. The number of nitrogens with zero attached hydrogens (tertiary/aromatic N) is 2. The van der Waals surface area contributed by atoms with Crippen LogP contribution >= 0.6 is 0 Å². The lowest BCUT2D eigenvalue weighted by molar-refractivity contribution is -0.123. The topological polar surface area (TPSA) is 152 Å². The Kier molecular flexibility index (Phi) is 9.24. The summed E-state index contributed by atoms with van der Waals surface area (Å²) in [5, 5.41) is 4.06. The summed E-state index contributed by atoms with van der Waals surface area (Å²) >= 11 is 0. The fourth-order valence-corrected chi connectivity index (χ4v) is 4.74. The van der Waals surface area contributed by atoms with Crippen molar-refractivity contribution in [1.29, 1.82) is 0 Å². The molecule has 0 fully saturated rings. The summed E-state index contributed by atoms with van der Waals surface area (Å²) in [5.74, 6) is -0.497. The molecule has 0 spiro atoms. The number of carbonyl (C=O) groups excluding carboxylic acids is 1. The lowest BCUT2D eigenvalue weighted by atomic mass is 10.1. The molecule has 0 aliphatic heterocycles. The van der Waals surface area contributed by atoms with Crippen LogP contribution in [0.3, 0.4) is 0 Å². The summed E-state index contributed by atoms with van der Waals surface area (Å²) in [6, 6.07) is 9.58. The minimum Gasteiger partial charge on any atom is -0.383 e. The van der Waals surface area contributed by atoms with Crippen LogP contribution in [0.15, 0.2) is 46.3 Å². The monoisotopic (exact) mass is 464 g/mol. The number of rotatable bonds is 12. The number of benzene rings is 2. The number of anilines is 1. The number of nitrogens with one attached hydrogen (secondary N) is 2. The lowest BCUT2D eigenvalue weighted by Crippen LogP contribution is -2.47. The van der Waals surface area contributed by atoms with Crippen molar-refractivity contribution in [2.45, 2.75) is 23.8 Å². The predicted molar refractivity (Wildman–Crippen MR) is 127 cm³/mol. The van der Waals surface area contributed by atoms with Gasteiger partial charge in [-0.05, 0) is 25.0 Å². The van der Waals surface area contributed by atoms with E-state index in [9.17, 15) is 13.2 Å². The first-order valence-electron chi connectivity index (χ1n) is 10.2. The van der Waals surface area contributed by atoms with Crippen molar-refractivity contribution in [3.8, 4) is 0 Å². The van der Waals surface area contributed by atoms with Crippen LogP contribution in [0.1, 0.15) is 12.8 Å². The Bertz CT molecular complexity index is 1050. The largest absolute Gasteiger partial charge is 0.383 e. The maximum absolute atomic E-state index is 13.3. The van der Waals surface area contributed by atoms with Gasteiger partial charge in [0.2, 0.25) is 15.9 Å². The fraction of sp³-hybridized carbons (Fsp3) is 0.429. The zero-order valence-electron chi connectivity index (χ0n) is 18.7. The van der Waals surface area contributed by atoms with Gasteiger partial charge in [-0.15, -0.1) is 0 Å². The number of carbonyl (C=O) groups is 1. The van der Waals surface area contributed by atoms with Crippen molar-refractivity contribution in [3.63, 3.8) is 0 Å². The second-order valence-electron chi connectivity index (χ2n) is 7.43. The van der Waals surface area contributed by atoms with Gasteiger partial charge < -0.3 is 26.4 Å². The summed E-state index contributed by atoms with van der Waals surface area (Å²) < 4.78 is 34.1. The summed E-state index contributed by atoms with van der Waals surface area (Å²) in [6.07, 6.45) is 0.644. The van der Waals surface area contributed by atoms with Crippen molar-refractivity contribution in [2.24, 2.45) is 16.5 Å². The number of hydrogen-bond donors (Lipinski definition) is 4. The highest BCUT2D eigenvalue weighted by molar-refractivity contribution is 7.89. The Morgan fingerprint density at radius 1 is 1.16 bits per heavy atom. The van der Waals surface area contributed by atoms with Crippen LogP contribution in [0.2, 0.25) is 0 Å². The average Bonchev–Trinajstić information content (AvgIpc) is 2.74. The quantitative estimate of drug-likeness (QED) is 0.201. The van der Waals surface area contributed by atoms with E-state index in [1.54, 1.807) is 18.2 Å². The predicted octanol–water partition coefficient (Wildman–Crippen LogP) is 0.369. The van der Waals surface area contributed by atoms with Gasteiger partial charge in [0.05, 0.1) is 11.5 Å². The fourth-order valence-electron chi connectivity index (χ4n) is 3.29. The van der Waals surface area contributed by atoms with Crippen LogP contribution in [-0.4, -0.2) is 67.2 Å². The van der Waals surface area contributed by atoms with E-state index in [1.807, 2.05) is 31.1 Å². The Labute approximate surface area is 189 Å². The third-order valence-corrected chi connectivity index (χ3v) is 6.32. The molecule has 32 heavy (non-hydrogen) atoms. The number of fused-ring (bicyclic) bond motifs is 1. The normalized spacial score (nSPS) is 12.3. The SMILES string of the molecule is COCCNC(=O)C(CCCN=C(N)N)NS(=O)(=O)c1cccc2c(N(C)C)cccc12. The molecule has 0 heterocycles. The third kappa shape index (κ3) is 6.81. The highest BCUT2D eigenvalue weighted by atomic mass is 32.2. The van der Waals surface area contributed by atoms with Crippen LogP contribution in [0.5, 0.6) is 0 Å². The summed E-state index contributed by atoms with van der Waals surface area (Å²) in [6.45, 7) is 0.865. The van der Waals surface area contributed by atoms with Gasteiger partial charge in [-0.1, -0.05) is 24.3 Å². The Hall–Kier alpha value is -2.89. The molecule has 1 amide bonds. The van der Waals surface area contributed by atoms with E-state index in [2.05, 4.69) is 15.0 Å². The standard InChI is InChI=1S/C21H32N6O4S/c1-27(2)18-10-4-8-16-15(18)7-5-11-19(16)32(29,30)26-17(9-6-12-25-21(22)23)20(28)24-13-14-31-3/h4-5,7-8,10-11,17,26H,6,9,12-14H2,1-3H3,(H,24,28)(H4,22,23,25). The van der Waals surface area contributed by atoms with Crippen LogP contribution in [-0.2, 0) is 19.6 Å². The molecule has 10 nitrogen and oxygen atoms in total. The van der Waals surface area contributed by atoms with Gasteiger partial charge in [0.15, 0.2) is 5.96 Å². The van der Waals surface area contributed by atoms with Crippen molar-refractivity contribution >= 4 is 38.3 Å². The molecule has 2 aromatic carbocycles. The highest BCUT2D eigenvalue weighted by Crippen LogP contribution is 2.30. The molecule has 2 aromatic rings. The van der Waals surface area contributed by atoms with E-state index in [1.165, 1.54) is 13.2 Å². The number of methoxy groups -OCH3 is 1. The van der Waals surface area contributed by atoms with Gasteiger partial charge in [-0.2, -0.15) is 4.72 Å². The number of hydrogen-bond acceptors (Lipinski definition) is 6. The molecule has 0 saturated heterocycles. The van der Waals surface area contributed by atoms with Gasteiger partial charge in [0, 0.05) is 50.8 Å². The third-order valence-electron chi connectivity index (χ3n) is 4.79. The minimum absolute atomic E-state index is 0.0564. The molecular formula is C21H32N6O4S. The smallest absolute Gasteiger partial charge is 0.241 e. The van der Waals surface area contributed by atoms with Crippen molar-refractivity contribution in [3.05, 3.63) is 36.4 Å². The second-order valence-corrected chi connectivity index (χ2v) is 9.11. The highest BCUT2D eigenvalue weighted by Gasteiger charge is 2.27. The molecule has 176 valence electrons. The Morgan fingerprint density at radius 3 is 2.50 bits per heavy atom. The molecule has 0 saturated carbocycles. The first-order chi connectivity index (χ1) is 15.2. The lowest BCUT2D eigenvalue weighted by Gasteiger charge is -2.20. The second kappa shape index (κ2) is 11.7. The molecule has 0 aromatic heterocycles. The first-order valence-corrected chi connectivity index (χ1v) is 11.7. The van der Waals surface area contributed by atoms with E-state index >= 15 is 0 Å². The van der Waals surface area contributed by atoms with Gasteiger partial charge in [0.1, 0.15) is 6.04 Å². The maximum Gasteiger partial charge on any atom is 0.241 e. The van der Waals surface area contributed by atoms with E-state index in [4.69, 9.17) is 16.2 Å². The zero-order valence-corrected chi connectivity index (χ0v) is 19.5. The number of ether oxygens (including phenoxy) is 1. The average molecular weight is 465 g/mol. The van der Waals surface area contributed by atoms with E-state index in [-0.39, 0.29) is 30.4 Å². The molecule has 6 N–H and O–H groups in total. The van der Waals surface area contributed by atoms with Crippen molar-refractivity contribution in [1.82, 2.24) is 10.0 Å². The summed E-state index contributed by atoms with van der Waals surface area (Å²) in [7, 11) is 1.30. The first kappa shape index (κ1) is 25.4. The molecule has 0 radical (unpaired) electrons. The molecule has 11 heteroatoms. The van der Waals surface area contributed by atoms with Crippen molar-refractivity contribution < 1.29 is 17.9 Å². The molecule has 0 bridgehead atoms. The Balaban J connectivity index is 2.33. The van der Waals surface area contributed by atoms with E-state index in [0.717, 1.165) is 11.1 Å². The number of aliphatic imine (C=N–C) groups is 1. The van der Waals surface area contributed by atoms with E-state index < -0.39 is 22.0 Å². The van der Waals surface area contributed by atoms with E-state index in [0.29, 0.717) is 18.4 Å². The van der Waals surface area contributed by atoms with Gasteiger partial charge in [0.25, 0.3) is 0 Å². The van der Waals surface area contributed by atoms with Crippen LogP contribution < -0.4 is 26.4 Å². The maximum atomic E-state index is 13.3. The van der Waals surface area contributed by atoms with Crippen LogP contribution in [0.4, 0.5) is 5.69 Å². The number of nitrogens with two attached hydrogens (primary N) is 2.